The van der Waals surface area contributed by atoms with E-state index in [2.05, 4.69) is 5.32 Å². The summed E-state index contributed by atoms with van der Waals surface area (Å²) in [5, 5.41) is 3.25. The molecule has 1 amide bonds. The Bertz CT molecular complexity index is 1200. The third kappa shape index (κ3) is 6.49. The first-order valence-corrected chi connectivity index (χ1v) is 12.3. The third-order valence-corrected chi connectivity index (χ3v) is 7.04. The van der Waals surface area contributed by atoms with Gasteiger partial charge in [-0.05, 0) is 68.8 Å². The van der Waals surface area contributed by atoms with Crippen molar-refractivity contribution < 1.29 is 17.9 Å². The van der Waals surface area contributed by atoms with Crippen LogP contribution in [0.15, 0.2) is 77.7 Å². The molecule has 0 saturated heterocycles. The minimum atomic E-state index is -3.99. The molecule has 0 aliphatic carbocycles. The van der Waals surface area contributed by atoms with Crippen molar-refractivity contribution in [2.24, 2.45) is 0 Å². The van der Waals surface area contributed by atoms with E-state index in [0.29, 0.717) is 10.7 Å². The van der Waals surface area contributed by atoms with Crippen molar-refractivity contribution in [3.05, 3.63) is 88.9 Å². The average molecular weight is 487 g/mol. The molecule has 1 N–H and O–H groups in total. The number of ether oxygens (including phenoxy) is 1. The van der Waals surface area contributed by atoms with Crippen molar-refractivity contribution >= 4 is 33.2 Å². The smallest absolute Gasteiger partial charge is 0.264 e. The van der Waals surface area contributed by atoms with Crippen LogP contribution in [0.25, 0.3) is 0 Å². The van der Waals surface area contributed by atoms with Gasteiger partial charge in [-0.25, -0.2) is 8.42 Å². The van der Waals surface area contributed by atoms with E-state index in [-0.39, 0.29) is 24.1 Å². The number of carbonyl (C=O) groups excluding carboxylic acids is 1. The zero-order chi connectivity index (χ0) is 24.0. The molecule has 0 bridgehead atoms. The summed E-state index contributed by atoms with van der Waals surface area (Å²) in [6, 6.07) is 20.1. The predicted molar refractivity (Wildman–Crippen MR) is 131 cm³/mol. The zero-order valence-corrected chi connectivity index (χ0v) is 20.4. The number of nitrogens with zero attached hydrogens (tertiary/aromatic N) is 1. The summed E-state index contributed by atoms with van der Waals surface area (Å²) in [6.45, 7) is 5.54. The van der Waals surface area contributed by atoms with Gasteiger partial charge in [0.2, 0.25) is 5.91 Å². The van der Waals surface area contributed by atoms with Gasteiger partial charge in [-0.1, -0.05) is 47.5 Å². The molecule has 8 heteroatoms. The first-order valence-electron chi connectivity index (χ1n) is 10.5. The van der Waals surface area contributed by atoms with Crippen LogP contribution in [-0.2, 0) is 14.8 Å². The summed E-state index contributed by atoms with van der Waals surface area (Å²) in [6.07, 6.45) is 0. The first kappa shape index (κ1) is 24.6. The second kappa shape index (κ2) is 10.7. The number of amides is 1. The molecule has 0 radical (unpaired) electrons. The van der Waals surface area contributed by atoms with Gasteiger partial charge in [0, 0.05) is 5.02 Å². The zero-order valence-electron chi connectivity index (χ0n) is 18.8. The normalized spacial score (nSPS) is 12.1. The van der Waals surface area contributed by atoms with E-state index in [9.17, 15) is 13.2 Å². The highest BCUT2D eigenvalue weighted by Crippen LogP contribution is 2.25. The molecule has 3 aromatic carbocycles. The molecule has 1 unspecified atom stereocenters. The molecule has 0 saturated carbocycles. The lowest BCUT2D eigenvalue weighted by Crippen LogP contribution is -2.45. The van der Waals surface area contributed by atoms with Crippen LogP contribution in [-0.4, -0.2) is 33.5 Å². The van der Waals surface area contributed by atoms with Crippen LogP contribution in [0.2, 0.25) is 5.02 Å². The van der Waals surface area contributed by atoms with Crippen molar-refractivity contribution in [2.45, 2.75) is 31.7 Å². The average Bonchev–Trinajstić information content (AvgIpc) is 2.78. The van der Waals surface area contributed by atoms with Crippen LogP contribution < -0.4 is 14.4 Å². The first-order chi connectivity index (χ1) is 15.7. The minimum absolute atomic E-state index is 0.0520. The van der Waals surface area contributed by atoms with Crippen LogP contribution in [0.4, 0.5) is 5.69 Å². The summed E-state index contributed by atoms with van der Waals surface area (Å²) in [5.41, 5.74) is 2.37. The van der Waals surface area contributed by atoms with E-state index in [1.165, 1.54) is 24.3 Å². The molecule has 0 aliphatic heterocycles. The molecular formula is C25H27ClN2O4S. The van der Waals surface area contributed by atoms with E-state index in [0.717, 1.165) is 21.2 Å². The minimum Gasteiger partial charge on any atom is -0.491 e. The largest absolute Gasteiger partial charge is 0.491 e. The molecule has 0 heterocycles. The molecule has 1 atom stereocenters. The fraction of sp³-hybridized carbons (Fsp3) is 0.240. The van der Waals surface area contributed by atoms with Crippen molar-refractivity contribution in [1.82, 2.24) is 5.32 Å². The number of hydrogen-bond donors (Lipinski definition) is 1. The van der Waals surface area contributed by atoms with Gasteiger partial charge < -0.3 is 10.1 Å². The molecule has 0 aromatic heterocycles. The van der Waals surface area contributed by atoms with Gasteiger partial charge in [0.15, 0.2) is 0 Å². The number of anilines is 1. The number of sulfonamides is 1. The van der Waals surface area contributed by atoms with Gasteiger partial charge in [-0.3, -0.25) is 9.10 Å². The van der Waals surface area contributed by atoms with E-state index in [4.69, 9.17) is 16.3 Å². The van der Waals surface area contributed by atoms with Gasteiger partial charge in [0.1, 0.15) is 18.9 Å². The number of para-hydroxylation sites is 1. The molecular weight excluding hydrogens is 460 g/mol. The van der Waals surface area contributed by atoms with Crippen molar-refractivity contribution in [1.29, 1.82) is 0 Å². The number of benzene rings is 3. The van der Waals surface area contributed by atoms with Gasteiger partial charge in [-0.2, -0.15) is 0 Å². The van der Waals surface area contributed by atoms with Crippen molar-refractivity contribution in [3.8, 4) is 5.75 Å². The van der Waals surface area contributed by atoms with Crippen LogP contribution in [0, 0.1) is 13.8 Å². The van der Waals surface area contributed by atoms with Crippen LogP contribution >= 0.6 is 11.6 Å². The Labute approximate surface area is 200 Å². The monoisotopic (exact) mass is 486 g/mol. The summed E-state index contributed by atoms with van der Waals surface area (Å²) in [4.78, 5) is 12.9. The van der Waals surface area contributed by atoms with Gasteiger partial charge in [0.25, 0.3) is 10.0 Å². The number of nitrogens with one attached hydrogen (secondary N) is 1. The second-order valence-corrected chi connectivity index (χ2v) is 10.1. The summed E-state index contributed by atoms with van der Waals surface area (Å²) in [5.74, 6) is 0.305. The molecule has 0 aliphatic rings. The van der Waals surface area contributed by atoms with E-state index in [1.807, 2.05) is 38.1 Å². The number of rotatable bonds is 9. The predicted octanol–water partition coefficient (Wildman–Crippen LogP) is 4.74. The lowest BCUT2D eigenvalue weighted by molar-refractivity contribution is -0.120. The highest BCUT2D eigenvalue weighted by molar-refractivity contribution is 7.92. The topological polar surface area (TPSA) is 75.7 Å². The number of carbonyl (C=O) groups is 1. The van der Waals surface area contributed by atoms with Crippen LogP contribution in [0.5, 0.6) is 5.75 Å². The van der Waals surface area contributed by atoms with Crippen LogP contribution in [0.3, 0.4) is 0 Å². The van der Waals surface area contributed by atoms with E-state index < -0.39 is 15.9 Å². The number of halogens is 1. The summed E-state index contributed by atoms with van der Waals surface area (Å²) in [7, 11) is -3.99. The Balaban J connectivity index is 1.75. The number of aryl methyl sites for hydroxylation is 2. The highest BCUT2D eigenvalue weighted by atomic mass is 35.5. The lowest BCUT2D eigenvalue weighted by atomic mass is 10.2. The maximum absolute atomic E-state index is 13.4. The molecule has 3 rings (SSSR count). The molecule has 174 valence electrons. The summed E-state index contributed by atoms with van der Waals surface area (Å²) >= 11 is 5.92. The molecule has 6 nitrogen and oxygen atoms in total. The van der Waals surface area contributed by atoms with Crippen molar-refractivity contribution in [2.75, 3.05) is 17.5 Å². The lowest BCUT2D eigenvalue weighted by Gasteiger charge is -2.25. The van der Waals surface area contributed by atoms with Crippen molar-refractivity contribution in [3.63, 3.8) is 0 Å². The Morgan fingerprint density at radius 1 is 1.00 bits per heavy atom. The second-order valence-electron chi connectivity index (χ2n) is 7.85. The van der Waals surface area contributed by atoms with E-state index >= 15 is 0 Å². The van der Waals surface area contributed by atoms with Gasteiger partial charge in [-0.15, -0.1) is 0 Å². The quantitative estimate of drug-likeness (QED) is 0.474. The summed E-state index contributed by atoms with van der Waals surface area (Å²) < 4.78 is 33.6. The maximum Gasteiger partial charge on any atom is 0.264 e. The Morgan fingerprint density at radius 3 is 2.27 bits per heavy atom. The van der Waals surface area contributed by atoms with Gasteiger partial charge in [0.05, 0.1) is 16.6 Å². The Hall–Kier alpha value is -3.03. The third-order valence-electron chi connectivity index (χ3n) is 5.00. The molecule has 0 fully saturated rings. The van der Waals surface area contributed by atoms with Gasteiger partial charge >= 0.3 is 0 Å². The SMILES string of the molecule is Cc1ccc(N(CC(=O)NC(C)COc2ccccc2C)S(=O)(=O)c2ccc(Cl)cc2)cc1. The fourth-order valence-corrected chi connectivity index (χ4v) is 4.73. The fourth-order valence-electron chi connectivity index (χ4n) is 3.19. The molecule has 33 heavy (non-hydrogen) atoms. The molecule has 3 aromatic rings. The Kier molecular flexibility index (Phi) is 8.00. The number of hydrogen-bond acceptors (Lipinski definition) is 4. The maximum atomic E-state index is 13.4. The highest BCUT2D eigenvalue weighted by Gasteiger charge is 2.27. The van der Waals surface area contributed by atoms with E-state index in [1.54, 1.807) is 31.2 Å². The standard InChI is InChI=1S/C25H27ClN2O4S/c1-18-8-12-22(13-9-18)28(33(30,31)23-14-10-21(26)11-15-23)16-25(29)27-20(3)17-32-24-7-5-4-6-19(24)2/h4-15,20H,16-17H2,1-3H3,(H,27,29). The molecule has 0 spiro atoms. The Morgan fingerprint density at radius 2 is 1.64 bits per heavy atom. The van der Waals surface area contributed by atoms with Crippen LogP contribution in [0.1, 0.15) is 18.1 Å².